The molecule has 0 saturated carbocycles. The minimum Gasteiger partial charge on any atom is -0.465 e. The molecule has 3 aromatic rings. The van der Waals surface area contributed by atoms with Crippen molar-refractivity contribution in [3.8, 4) is 0 Å². The van der Waals surface area contributed by atoms with E-state index < -0.39 is 5.97 Å². The highest BCUT2D eigenvalue weighted by Gasteiger charge is 2.19. The molecule has 4 heteroatoms. The van der Waals surface area contributed by atoms with Crippen LogP contribution in [0.4, 0.5) is 0 Å². The highest BCUT2D eigenvalue weighted by Crippen LogP contribution is 2.29. The van der Waals surface area contributed by atoms with Gasteiger partial charge in [0.2, 0.25) is 5.43 Å². The number of para-hydroxylation sites is 1. The Hall–Kier alpha value is -2.88. The van der Waals surface area contributed by atoms with Crippen LogP contribution in [0.5, 0.6) is 0 Å². The molecule has 2 aromatic carbocycles. The van der Waals surface area contributed by atoms with Crippen molar-refractivity contribution < 1.29 is 13.9 Å². The lowest BCUT2D eigenvalue weighted by molar-refractivity contribution is 0.0602. The number of benzene rings is 2. The number of esters is 1. The van der Waals surface area contributed by atoms with Gasteiger partial charge >= 0.3 is 5.97 Å². The van der Waals surface area contributed by atoms with Crippen molar-refractivity contribution in [1.29, 1.82) is 0 Å². The van der Waals surface area contributed by atoms with E-state index in [1.165, 1.54) is 7.11 Å². The van der Waals surface area contributed by atoms with E-state index in [0.29, 0.717) is 16.4 Å². The van der Waals surface area contributed by atoms with Gasteiger partial charge in [-0.25, -0.2) is 4.79 Å². The van der Waals surface area contributed by atoms with Gasteiger partial charge in [0.05, 0.1) is 17.9 Å². The smallest absolute Gasteiger partial charge is 0.341 e. The molecule has 0 N–H and O–H groups in total. The standard InChI is InChI=1S/C19H14O4/c1-22-19(21)14-8-4-7-13-17(20)16-12-6-3-2-5-11(12)9-10-15(16)23-18(13)14/h3-4,6-10H,2,5H2,1H3. The third-order valence-corrected chi connectivity index (χ3v) is 4.27. The minimum atomic E-state index is -0.518. The number of aryl methyl sites for hydroxylation is 1. The first-order valence-corrected chi connectivity index (χ1v) is 7.47. The van der Waals surface area contributed by atoms with Crippen molar-refractivity contribution in [2.24, 2.45) is 0 Å². The lowest BCUT2D eigenvalue weighted by Crippen LogP contribution is -2.09. The second-order valence-corrected chi connectivity index (χ2v) is 5.56. The van der Waals surface area contributed by atoms with E-state index in [2.05, 4.69) is 6.08 Å². The van der Waals surface area contributed by atoms with Gasteiger partial charge in [-0.1, -0.05) is 24.3 Å². The zero-order chi connectivity index (χ0) is 16.0. The fourth-order valence-corrected chi connectivity index (χ4v) is 3.15. The minimum absolute atomic E-state index is 0.115. The molecule has 23 heavy (non-hydrogen) atoms. The highest BCUT2D eigenvalue weighted by atomic mass is 16.5. The molecule has 0 atom stereocenters. The Balaban J connectivity index is 2.17. The summed E-state index contributed by atoms with van der Waals surface area (Å²) in [7, 11) is 1.31. The second kappa shape index (κ2) is 5.09. The number of allylic oxidation sites excluding steroid dienone is 1. The number of methoxy groups -OCH3 is 1. The van der Waals surface area contributed by atoms with Crippen molar-refractivity contribution in [1.82, 2.24) is 0 Å². The molecule has 0 spiro atoms. The molecule has 1 aromatic heterocycles. The molecule has 114 valence electrons. The summed E-state index contributed by atoms with van der Waals surface area (Å²) in [5, 5.41) is 0.973. The zero-order valence-corrected chi connectivity index (χ0v) is 12.6. The first kappa shape index (κ1) is 13.8. The maximum Gasteiger partial charge on any atom is 0.341 e. The summed E-state index contributed by atoms with van der Waals surface area (Å²) in [5.74, 6) is -0.518. The number of ether oxygens (including phenoxy) is 1. The van der Waals surface area contributed by atoms with Gasteiger partial charge in [0, 0.05) is 0 Å². The van der Waals surface area contributed by atoms with E-state index in [1.54, 1.807) is 18.2 Å². The molecular formula is C19H14O4. The summed E-state index contributed by atoms with van der Waals surface area (Å²) in [4.78, 5) is 24.9. The van der Waals surface area contributed by atoms with Gasteiger partial charge in [-0.2, -0.15) is 0 Å². The van der Waals surface area contributed by atoms with Crippen LogP contribution in [0.1, 0.15) is 27.9 Å². The average molecular weight is 306 g/mol. The third-order valence-electron chi connectivity index (χ3n) is 4.27. The van der Waals surface area contributed by atoms with Crippen LogP contribution in [0.2, 0.25) is 0 Å². The Kier molecular flexibility index (Phi) is 3.05. The maximum absolute atomic E-state index is 13.0. The topological polar surface area (TPSA) is 56.5 Å². The highest BCUT2D eigenvalue weighted by molar-refractivity contribution is 6.05. The van der Waals surface area contributed by atoms with E-state index in [1.807, 2.05) is 18.2 Å². The van der Waals surface area contributed by atoms with E-state index >= 15 is 0 Å². The summed E-state index contributed by atoms with van der Waals surface area (Å²) >= 11 is 0. The van der Waals surface area contributed by atoms with Gasteiger partial charge in [-0.3, -0.25) is 4.79 Å². The number of hydrogen-bond acceptors (Lipinski definition) is 4. The van der Waals surface area contributed by atoms with Crippen LogP contribution in [0, 0.1) is 0 Å². The van der Waals surface area contributed by atoms with Crippen LogP contribution in [-0.4, -0.2) is 13.1 Å². The number of rotatable bonds is 1. The van der Waals surface area contributed by atoms with Crippen LogP contribution in [0.15, 0.2) is 45.6 Å². The van der Waals surface area contributed by atoms with Gasteiger partial charge in [0.25, 0.3) is 0 Å². The van der Waals surface area contributed by atoms with Gasteiger partial charge in [0.15, 0.2) is 5.58 Å². The molecule has 1 aliphatic rings. The van der Waals surface area contributed by atoms with Crippen LogP contribution in [-0.2, 0) is 11.2 Å². The maximum atomic E-state index is 13.0. The summed E-state index contributed by atoms with van der Waals surface area (Å²) in [6.45, 7) is 0. The monoisotopic (exact) mass is 306 g/mol. The van der Waals surface area contributed by atoms with Crippen molar-refractivity contribution >= 4 is 34.0 Å². The Morgan fingerprint density at radius 1 is 1.22 bits per heavy atom. The predicted molar refractivity (Wildman–Crippen MR) is 88.7 cm³/mol. The number of carbonyl (C=O) groups is 1. The lowest BCUT2D eigenvalue weighted by Gasteiger charge is -2.13. The summed E-state index contributed by atoms with van der Waals surface area (Å²) < 4.78 is 10.7. The van der Waals surface area contributed by atoms with Crippen LogP contribution in [0.25, 0.3) is 28.0 Å². The quantitative estimate of drug-likeness (QED) is 0.508. The van der Waals surface area contributed by atoms with Gasteiger partial charge in [-0.15, -0.1) is 0 Å². The fourth-order valence-electron chi connectivity index (χ4n) is 3.15. The normalized spacial score (nSPS) is 13.3. The van der Waals surface area contributed by atoms with E-state index in [4.69, 9.17) is 9.15 Å². The number of hydrogen-bond donors (Lipinski definition) is 0. The molecule has 0 saturated heterocycles. The molecule has 4 nitrogen and oxygen atoms in total. The Labute approximate surface area is 132 Å². The third kappa shape index (κ3) is 1.99. The largest absolute Gasteiger partial charge is 0.465 e. The lowest BCUT2D eigenvalue weighted by atomic mass is 9.93. The second-order valence-electron chi connectivity index (χ2n) is 5.56. The molecule has 1 aliphatic carbocycles. The summed E-state index contributed by atoms with van der Waals surface area (Å²) in [6.07, 6.45) is 5.94. The Morgan fingerprint density at radius 2 is 2.09 bits per heavy atom. The molecule has 0 fully saturated rings. The Morgan fingerprint density at radius 3 is 2.91 bits per heavy atom. The molecule has 0 aliphatic heterocycles. The van der Waals surface area contributed by atoms with Gasteiger partial charge in [-0.05, 0) is 42.2 Å². The van der Waals surface area contributed by atoms with Crippen molar-refractivity contribution in [3.05, 3.63) is 63.3 Å². The first-order chi connectivity index (χ1) is 11.2. The average Bonchev–Trinajstić information content (AvgIpc) is 2.60. The SMILES string of the molecule is COC(=O)c1cccc2c(=O)c3c4c(ccc3oc12)CCC=C4. The van der Waals surface area contributed by atoms with Crippen molar-refractivity contribution in [2.75, 3.05) is 7.11 Å². The molecule has 1 heterocycles. The molecular weight excluding hydrogens is 292 g/mol. The number of carbonyl (C=O) groups excluding carboxylic acids is 1. The van der Waals surface area contributed by atoms with Crippen molar-refractivity contribution in [3.63, 3.8) is 0 Å². The van der Waals surface area contributed by atoms with Crippen LogP contribution in [0.3, 0.4) is 0 Å². The molecule has 0 radical (unpaired) electrons. The zero-order valence-electron chi connectivity index (χ0n) is 12.6. The molecule has 0 bridgehead atoms. The van der Waals surface area contributed by atoms with Crippen LogP contribution >= 0.6 is 0 Å². The molecule has 4 rings (SSSR count). The summed E-state index contributed by atoms with van der Waals surface area (Å²) in [5.41, 5.74) is 2.98. The summed E-state index contributed by atoms with van der Waals surface area (Å²) in [6, 6.07) is 8.74. The van der Waals surface area contributed by atoms with Crippen molar-refractivity contribution in [2.45, 2.75) is 12.8 Å². The fraction of sp³-hybridized carbons (Fsp3) is 0.158. The molecule has 0 unspecified atom stereocenters. The van der Waals surface area contributed by atoms with Crippen LogP contribution < -0.4 is 5.43 Å². The van der Waals surface area contributed by atoms with E-state index in [0.717, 1.165) is 24.0 Å². The first-order valence-electron chi connectivity index (χ1n) is 7.47. The molecule has 0 amide bonds. The predicted octanol–water partition coefficient (Wildman–Crippen LogP) is 3.69. The van der Waals surface area contributed by atoms with Gasteiger partial charge < -0.3 is 9.15 Å². The van der Waals surface area contributed by atoms with E-state index in [9.17, 15) is 9.59 Å². The number of fused-ring (bicyclic) bond motifs is 4. The Bertz CT molecular complexity index is 1040. The van der Waals surface area contributed by atoms with Gasteiger partial charge in [0.1, 0.15) is 11.1 Å². The van der Waals surface area contributed by atoms with E-state index in [-0.39, 0.29) is 16.6 Å².